The maximum Gasteiger partial charge on any atom is 0.287 e. The zero-order valence-corrected chi connectivity index (χ0v) is 16.6. The number of carbonyl (C=O) groups excluding carboxylic acids is 2. The van der Waals surface area contributed by atoms with Crippen molar-refractivity contribution in [1.82, 2.24) is 15.2 Å². The van der Waals surface area contributed by atoms with Gasteiger partial charge in [-0.05, 0) is 44.0 Å². The Morgan fingerprint density at radius 1 is 1.30 bits per heavy atom. The molecular formula is C19H26N4O3S. The van der Waals surface area contributed by atoms with Gasteiger partial charge >= 0.3 is 0 Å². The molecule has 146 valence electrons. The van der Waals surface area contributed by atoms with Crippen LogP contribution in [-0.4, -0.2) is 40.8 Å². The molecule has 2 aromatic rings. The average Bonchev–Trinajstić information content (AvgIpc) is 3.32. The molecule has 2 amide bonds. The number of hydrogen-bond acceptors (Lipinski definition) is 6. The summed E-state index contributed by atoms with van der Waals surface area (Å²) >= 11 is 1.41. The minimum Gasteiger partial charge on any atom is -0.459 e. The van der Waals surface area contributed by atoms with Gasteiger partial charge in [0.25, 0.3) is 5.91 Å². The molecule has 0 bridgehead atoms. The first-order chi connectivity index (χ1) is 13.0. The standard InChI is InChI=1S/C19H26N4O3S/c1-13(2)16(21-17(24)15-7-6-10-26-15)18(25)22-19-20-14(12-27-19)11-23-8-4-3-5-9-23/h6-7,10,12-13,16H,3-5,8-9,11H2,1-2H3,(H,21,24)(H,20,22,25)/t16-/m0/s1. The van der Waals surface area contributed by atoms with Crippen LogP contribution in [0, 0.1) is 5.92 Å². The van der Waals surface area contributed by atoms with Crippen LogP contribution in [0.4, 0.5) is 5.13 Å². The van der Waals surface area contributed by atoms with E-state index >= 15 is 0 Å². The summed E-state index contributed by atoms with van der Waals surface area (Å²) in [5.41, 5.74) is 0.970. The average molecular weight is 391 g/mol. The van der Waals surface area contributed by atoms with Crippen LogP contribution in [0.15, 0.2) is 28.2 Å². The number of aromatic nitrogens is 1. The van der Waals surface area contributed by atoms with Gasteiger partial charge in [0, 0.05) is 11.9 Å². The number of carbonyl (C=O) groups is 2. The maximum atomic E-state index is 12.7. The summed E-state index contributed by atoms with van der Waals surface area (Å²) in [4.78, 5) is 31.8. The van der Waals surface area contributed by atoms with Gasteiger partial charge in [-0.3, -0.25) is 14.5 Å². The Labute approximate surface area is 163 Å². The first-order valence-corrected chi connectivity index (χ1v) is 10.2. The molecule has 3 heterocycles. The molecule has 7 nitrogen and oxygen atoms in total. The van der Waals surface area contributed by atoms with E-state index < -0.39 is 11.9 Å². The second-order valence-corrected chi connectivity index (χ2v) is 8.00. The SMILES string of the molecule is CC(C)[C@H](NC(=O)c1ccco1)C(=O)Nc1nc(CN2CCCCC2)cs1. The molecule has 0 saturated carbocycles. The van der Waals surface area contributed by atoms with Crippen LogP contribution < -0.4 is 10.6 Å². The second kappa shape index (κ2) is 9.14. The van der Waals surface area contributed by atoms with Gasteiger partial charge < -0.3 is 15.1 Å². The first-order valence-electron chi connectivity index (χ1n) is 9.35. The van der Waals surface area contributed by atoms with Crippen molar-refractivity contribution >= 4 is 28.3 Å². The number of hydrogen-bond donors (Lipinski definition) is 2. The van der Waals surface area contributed by atoms with E-state index in [1.807, 2.05) is 19.2 Å². The molecular weight excluding hydrogens is 364 g/mol. The van der Waals surface area contributed by atoms with E-state index in [9.17, 15) is 9.59 Å². The molecule has 2 N–H and O–H groups in total. The fraction of sp³-hybridized carbons (Fsp3) is 0.526. The highest BCUT2D eigenvalue weighted by Crippen LogP contribution is 2.19. The Morgan fingerprint density at radius 2 is 2.07 bits per heavy atom. The summed E-state index contributed by atoms with van der Waals surface area (Å²) < 4.78 is 5.09. The van der Waals surface area contributed by atoms with Gasteiger partial charge in [-0.15, -0.1) is 11.3 Å². The Hall–Kier alpha value is -2.19. The van der Waals surface area contributed by atoms with Crippen molar-refractivity contribution in [2.75, 3.05) is 18.4 Å². The van der Waals surface area contributed by atoms with Gasteiger partial charge in [0.2, 0.25) is 5.91 Å². The lowest BCUT2D eigenvalue weighted by molar-refractivity contribution is -0.118. The molecule has 1 aliphatic heterocycles. The Balaban J connectivity index is 1.57. The topological polar surface area (TPSA) is 87.5 Å². The van der Waals surface area contributed by atoms with E-state index in [2.05, 4.69) is 20.5 Å². The molecule has 3 rings (SSSR count). The highest BCUT2D eigenvalue weighted by molar-refractivity contribution is 7.13. The van der Waals surface area contributed by atoms with Crippen LogP contribution in [0.2, 0.25) is 0 Å². The zero-order valence-electron chi connectivity index (χ0n) is 15.7. The van der Waals surface area contributed by atoms with E-state index in [1.54, 1.807) is 12.1 Å². The maximum absolute atomic E-state index is 12.7. The number of piperidine rings is 1. The lowest BCUT2D eigenvalue weighted by Gasteiger charge is -2.25. The summed E-state index contributed by atoms with van der Waals surface area (Å²) in [6.45, 7) is 6.79. The molecule has 0 radical (unpaired) electrons. The van der Waals surface area contributed by atoms with Crippen LogP contribution >= 0.6 is 11.3 Å². The number of nitrogens with one attached hydrogen (secondary N) is 2. The van der Waals surface area contributed by atoms with E-state index in [0.29, 0.717) is 5.13 Å². The monoisotopic (exact) mass is 390 g/mol. The van der Waals surface area contributed by atoms with E-state index in [-0.39, 0.29) is 17.6 Å². The molecule has 1 fully saturated rings. The molecule has 8 heteroatoms. The molecule has 1 aliphatic rings. The third-order valence-electron chi connectivity index (χ3n) is 4.60. The molecule has 0 aliphatic carbocycles. The predicted molar refractivity (Wildman–Crippen MR) is 105 cm³/mol. The van der Waals surface area contributed by atoms with Gasteiger partial charge in [0.1, 0.15) is 6.04 Å². The van der Waals surface area contributed by atoms with Crippen LogP contribution in [0.1, 0.15) is 49.4 Å². The minimum absolute atomic E-state index is 0.0725. The van der Waals surface area contributed by atoms with Crippen LogP contribution in [0.3, 0.4) is 0 Å². The first kappa shape index (κ1) is 19.6. The predicted octanol–water partition coefficient (Wildman–Crippen LogP) is 3.12. The Kier molecular flexibility index (Phi) is 6.63. The van der Waals surface area contributed by atoms with Crippen molar-refractivity contribution in [3.05, 3.63) is 35.2 Å². The number of amides is 2. The van der Waals surface area contributed by atoms with Crippen molar-refractivity contribution in [2.45, 2.75) is 45.7 Å². The Bertz CT molecular complexity index is 751. The molecule has 0 unspecified atom stereocenters. The number of furan rings is 1. The summed E-state index contributed by atoms with van der Waals surface area (Å²) in [6.07, 6.45) is 5.20. The van der Waals surface area contributed by atoms with E-state index in [4.69, 9.17) is 4.42 Å². The van der Waals surface area contributed by atoms with Crippen LogP contribution in [0.5, 0.6) is 0 Å². The Morgan fingerprint density at radius 3 is 2.74 bits per heavy atom. The highest BCUT2D eigenvalue weighted by atomic mass is 32.1. The lowest BCUT2D eigenvalue weighted by Crippen LogP contribution is -2.47. The third kappa shape index (κ3) is 5.40. The van der Waals surface area contributed by atoms with Crippen LogP contribution in [-0.2, 0) is 11.3 Å². The molecule has 1 saturated heterocycles. The minimum atomic E-state index is -0.669. The molecule has 27 heavy (non-hydrogen) atoms. The lowest BCUT2D eigenvalue weighted by atomic mass is 10.0. The smallest absolute Gasteiger partial charge is 0.287 e. The second-order valence-electron chi connectivity index (χ2n) is 7.14. The van der Waals surface area contributed by atoms with Gasteiger partial charge in [-0.25, -0.2) is 4.98 Å². The summed E-state index contributed by atoms with van der Waals surface area (Å²) in [6, 6.07) is 2.54. The number of nitrogens with zero attached hydrogens (tertiary/aromatic N) is 2. The van der Waals surface area contributed by atoms with Crippen molar-refractivity contribution in [3.63, 3.8) is 0 Å². The van der Waals surface area contributed by atoms with E-state index in [1.165, 1.54) is 36.9 Å². The van der Waals surface area contributed by atoms with Gasteiger partial charge in [-0.2, -0.15) is 0 Å². The van der Waals surface area contributed by atoms with Gasteiger partial charge in [-0.1, -0.05) is 20.3 Å². The van der Waals surface area contributed by atoms with Crippen molar-refractivity contribution in [1.29, 1.82) is 0 Å². The number of anilines is 1. The third-order valence-corrected chi connectivity index (χ3v) is 5.40. The van der Waals surface area contributed by atoms with E-state index in [0.717, 1.165) is 25.3 Å². The number of thiazole rings is 1. The van der Waals surface area contributed by atoms with Gasteiger partial charge in [0.05, 0.1) is 12.0 Å². The zero-order chi connectivity index (χ0) is 19.2. The van der Waals surface area contributed by atoms with Gasteiger partial charge in [0.15, 0.2) is 10.9 Å². The van der Waals surface area contributed by atoms with Crippen molar-refractivity contribution < 1.29 is 14.0 Å². The summed E-state index contributed by atoms with van der Waals surface area (Å²) in [7, 11) is 0. The normalized spacial score (nSPS) is 16.3. The van der Waals surface area contributed by atoms with Crippen LogP contribution in [0.25, 0.3) is 0 Å². The number of likely N-dealkylation sites (tertiary alicyclic amines) is 1. The molecule has 0 spiro atoms. The number of rotatable bonds is 7. The molecule has 2 aromatic heterocycles. The molecule has 0 aromatic carbocycles. The molecule has 1 atom stereocenters. The largest absolute Gasteiger partial charge is 0.459 e. The fourth-order valence-corrected chi connectivity index (χ4v) is 3.83. The highest BCUT2D eigenvalue weighted by Gasteiger charge is 2.26. The quantitative estimate of drug-likeness (QED) is 0.758. The van der Waals surface area contributed by atoms with Crippen molar-refractivity contribution in [3.8, 4) is 0 Å². The fourth-order valence-electron chi connectivity index (χ4n) is 3.12. The summed E-state index contributed by atoms with van der Waals surface area (Å²) in [5, 5.41) is 8.11. The van der Waals surface area contributed by atoms with Crippen molar-refractivity contribution in [2.24, 2.45) is 5.92 Å². The summed E-state index contributed by atoms with van der Waals surface area (Å²) in [5.74, 6) is -0.564.